The van der Waals surface area contributed by atoms with Crippen molar-refractivity contribution in [3.63, 3.8) is 0 Å². The van der Waals surface area contributed by atoms with Crippen LogP contribution in [0.2, 0.25) is 0 Å². The molecule has 8 heteroatoms. The number of nitro groups is 1. The van der Waals surface area contributed by atoms with Gasteiger partial charge in [0.05, 0.1) is 14.2 Å². The summed E-state index contributed by atoms with van der Waals surface area (Å²) in [6.07, 6.45) is 1.23. The summed E-state index contributed by atoms with van der Waals surface area (Å²) in [4.78, 5) is 15.2. The van der Waals surface area contributed by atoms with Crippen molar-refractivity contribution in [2.45, 2.75) is 25.4 Å². The largest absolute Gasteiger partial charge is 0.493 e. The lowest BCUT2D eigenvalue weighted by atomic mass is 10.1. The summed E-state index contributed by atoms with van der Waals surface area (Å²) in [5.74, 6) is 2.06. The fraction of sp³-hybridized carbons (Fsp3) is 0.429. The minimum atomic E-state index is -0.782. The first-order chi connectivity index (χ1) is 10.6. The molecule has 0 bridgehead atoms. The van der Waals surface area contributed by atoms with E-state index in [1.54, 1.807) is 31.0 Å². The second-order valence-electron chi connectivity index (χ2n) is 5.03. The lowest BCUT2D eigenvalue weighted by molar-refractivity contribution is -0.533. The van der Waals surface area contributed by atoms with Crippen LogP contribution < -0.4 is 9.47 Å². The number of nitrogens with zero attached hydrogens (tertiary/aromatic N) is 4. The predicted octanol–water partition coefficient (Wildman–Crippen LogP) is 2.07. The molecular weight excluding hydrogens is 288 g/mol. The van der Waals surface area contributed by atoms with Gasteiger partial charge in [0.1, 0.15) is 0 Å². The van der Waals surface area contributed by atoms with Gasteiger partial charge >= 0.3 is 0 Å². The lowest BCUT2D eigenvalue weighted by Gasteiger charge is -2.15. The van der Waals surface area contributed by atoms with Gasteiger partial charge in [0, 0.05) is 23.5 Å². The maximum absolute atomic E-state index is 11.1. The smallest absolute Gasteiger partial charge is 0.271 e. The molecule has 8 nitrogen and oxygen atoms in total. The molecule has 1 aliphatic heterocycles. The third-order valence-corrected chi connectivity index (χ3v) is 3.74. The highest BCUT2D eigenvalue weighted by atomic mass is 16.6. The Morgan fingerprint density at radius 1 is 1.32 bits per heavy atom. The van der Waals surface area contributed by atoms with Crippen LogP contribution in [0.5, 0.6) is 11.5 Å². The average Bonchev–Trinajstić information content (AvgIpc) is 2.97. The van der Waals surface area contributed by atoms with E-state index in [0.29, 0.717) is 36.1 Å². The fourth-order valence-corrected chi connectivity index (χ4v) is 2.63. The Labute approximate surface area is 126 Å². The first-order valence-corrected chi connectivity index (χ1v) is 6.94. The van der Waals surface area contributed by atoms with Crippen LogP contribution in [0.3, 0.4) is 0 Å². The van der Waals surface area contributed by atoms with E-state index in [1.807, 2.05) is 6.07 Å². The van der Waals surface area contributed by atoms with Gasteiger partial charge < -0.3 is 9.47 Å². The minimum absolute atomic E-state index is 0.294. The second-order valence-corrected chi connectivity index (χ2v) is 5.03. The Kier molecular flexibility index (Phi) is 3.66. The molecule has 3 rings (SSSR count). The van der Waals surface area contributed by atoms with Gasteiger partial charge in [-0.1, -0.05) is 0 Å². The summed E-state index contributed by atoms with van der Waals surface area (Å²) in [5.41, 5.74) is 0.738. The van der Waals surface area contributed by atoms with Gasteiger partial charge in [0.2, 0.25) is 5.82 Å². The molecular formula is C14H16N4O4. The molecule has 1 aliphatic rings. The molecule has 0 spiro atoms. The standard InChI is InChI=1S/C14H16N4O4/c1-21-11-6-5-9(8-12(11)22-2)13-15-14-10(18(19)20)4-3-7-17(14)16-13/h5-6,8,10H,3-4,7H2,1-2H3. The molecule has 0 aliphatic carbocycles. The van der Waals surface area contributed by atoms with Gasteiger partial charge in [-0.2, -0.15) is 5.10 Å². The monoisotopic (exact) mass is 304 g/mol. The third kappa shape index (κ3) is 2.36. The molecule has 0 amide bonds. The fourth-order valence-electron chi connectivity index (χ4n) is 2.63. The topological polar surface area (TPSA) is 92.3 Å². The van der Waals surface area contributed by atoms with Crippen molar-refractivity contribution >= 4 is 0 Å². The molecule has 2 heterocycles. The SMILES string of the molecule is COc1ccc(-c2nc3n(n2)CCCC3[N+](=O)[O-])cc1OC. The van der Waals surface area contributed by atoms with E-state index in [0.717, 1.165) is 12.0 Å². The zero-order chi connectivity index (χ0) is 15.7. The van der Waals surface area contributed by atoms with Crippen LogP contribution in [0.25, 0.3) is 11.4 Å². The minimum Gasteiger partial charge on any atom is -0.493 e. The molecule has 0 saturated carbocycles. The Bertz CT molecular complexity index is 713. The number of benzene rings is 1. The Balaban J connectivity index is 2.01. The average molecular weight is 304 g/mol. The summed E-state index contributed by atoms with van der Waals surface area (Å²) in [6.45, 7) is 0.653. The summed E-state index contributed by atoms with van der Waals surface area (Å²) >= 11 is 0. The summed E-state index contributed by atoms with van der Waals surface area (Å²) in [6, 6.07) is 4.56. The number of aromatic nitrogens is 3. The van der Waals surface area contributed by atoms with Crippen LogP contribution in [0.15, 0.2) is 18.2 Å². The van der Waals surface area contributed by atoms with Gasteiger partial charge in [-0.05, 0) is 24.6 Å². The summed E-state index contributed by atoms with van der Waals surface area (Å²) in [5, 5.41) is 15.5. The Morgan fingerprint density at radius 3 is 2.77 bits per heavy atom. The van der Waals surface area contributed by atoms with E-state index in [9.17, 15) is 10.1 Å². The highest BCUT2D eigenvalue weighted by molar-refractivity contribution is 5.61. The van der Waals surface area contributed by atoms with Gasteiger partial charge in [-0.15, -0.1) is 0 Å². The Morgan fingerprint density at radius 2 is 2.09 bits per heavy atom. The number of hydrogen-bond acceptors (Lipinski definition) is 6. The van der Waals surface area contributed by atoms with Gasteiger partial charge in [-0.25, -0.2) is 9.67 Å². The van der Waals surface area contributed by atoms with E-state index in [-0.39, 0.29) is 4.92 Å². The molecule has 1 atom stereocenters. The van der Waals surface area contributed by atoms with Crippen molar-refractivity contribution in [1.29, 1.82) is 0 Å². The second kappa shape index (κ2) is 5.63. The number of hydrogen-bond donors (Lipinski definition) is 0. The van der Waals surface area contributed by atoms with Gasteiger partial charge in [-0.3, -0.25) is 10.1 Å². The molecule has 2 aromatic rings. The van der Waals surface area contributed by atoms with Crippen LogP contribution in [-0.4, -0.2) is 33.9 Å². The molecule has 116 valence electrons. The number of fused-ring (bicyclic) bond motifs is 1. The predicted molar refractivity (Wildman–Crippen MR) is 77.5 cm³/mol. The molecule has 1 aromatic heterocycles. The van der Waals surface area contributed by atoms with E-state index in [1.165, 1.54) is 0 Å². The zero-order valence-corrected chi connectivity index (χ0v) is 12.4. The van der Waals surface area contributed by atoms with E-state index in [2.05, 4.69) is 10.1 Å². The quantitative estimate of drug-likeness (QED) is 0.634. The molecule has 1 aromatic carbocycles. The number of ether oxygens (including phenoxy) is 2. The molecule has 1 unspecified atom stereocenters. The maximum Gasteiger partial charge on any atom is 0.271 e. The van der Waals surface area contributed by atoms with Crippen LogP contribution in [-0.2, 0) is 6.54 Å². The summed E-state index contributed by atoms with van der Waals surface area (Å²) in [7, 11) is 3.11. The van der Waals surface area contributed by atoms with Crippen molar-refractivity contribution < 1.29 is 14.4 Å². The number of methoxy groups -OCH3 is 2. The lowest BCUT2D eigenvalue weighted by Crippen LogP contribution is -2.22. The van der Waals surface area contributed by atoms with Crippen molar-refractivity contribution in [1.82, 2.24) is 14.8 Å². The summed E-state index contributed by atoms with van der Waals surface area (Å²) < 4.78 is 12.1. The molecule has 22 heavy (non-hydrogen) atoms. The molecule has 0 radical (unpaired) electrons. The van der Waals surface area contributed by atoms with Crippen molar-refractivity contribution in [3.05, 3.63) is 34.1 Å². The first-order valence-electron chi connectivity index (χ1n) is 6.94. The highest BCUT2D eigenvalue weighted by Crippen LogP contribution is 2.33. The van der Waals surface area contributed by atoms with E-state index in [4.69, 9.17) is 9.47 Å². The first kappa shape index (κ1) is 14.3. The van der Waals surface area contributed by atoms with Crippen LogP contribution in [0.4, 0.5) is 0 Å². The Hall–Kier alpha value is -2.64. The van der Waals surface area contributed by atoms with Gasteiger partial charge in [0.25, 0.3) is 6.04 Å². The normalized spacial score (nSPS) is 16.9. The zero-order valence-electron chi connectivity index (χ0n) is 12.4. The molecule has 0 saturated heterocycles. The number of aryl methyl sites for hydroxylation is 1. The highest BCUT2D eigenvalue weighted by Gasteiger charge is 2.33. The van der Waals surface area contributed by atoms with Crippen LogP contribution >= 0.6 is 0 Å². The van der Waals surface area contributed by atoms with Gasteiger partial charge in [0.15, 0.2) is 17.3 Å². The van der Waals surface area contributed by atoms with Crippen LogP contribution in [0, 0.1) is 10.1 Å². The van der Waals surface area contributed by atoms with E-state index < -0.39 is 6.04 Å². The van der Waals surface area contributed by atoms with Crippen molar-refractivity contribution in [2.24, 2.45) is 0 Å². The third-order valence-electron chi connectivity index (χ3n) is 3.74. The molecule has 0 N–H and O–H groups in total. The number of rotatable bonds is 4. The van der Waals surface area contributed by atoms with Crippen molar-refractivity contribution in [3.8, 4) is 22.9 Å². The maximum atomic E-state index is 11.1. The van der Waals surface area contributed by atoms with E-state index >= 15 is 0 Å². The van der Waals surface area contributed by atoms with Crippen molar-refractivity contribution in [2.75, 3.05) is 14.2 Å². The van der Waals surface area contributed by atoms with Crippen LogP contribution in [0.1, 0.15) is 24.7 Å². The molecule has 0 fully saturated rings.